The molecule has 1 amide bonds. The number of hydrogen-bond acceptors (Lipinski definition) is 8. The maximum atomic E-state index is 12.6. The van der Waals surface area contributed by atoms with E-state index in [4.69, 9.17) is 19.6 Å². The minimum atomic E-state index is -1.17. The molecule has 4 N–H and O–H groups in total. The van der Waals surface area contributed by atoms with E-state index in [1.54, 1.807) is 60.7 Å². The Kier molecular flexibility index (Phi) is 9.80. The molecular weight excluding hydrogens is 564 g/mol. The van der Waals surface area contributed by atoms with Gasteiger partial charge in [-0.05, 0) is 83.9 Å². The molecule has 222 valence electrons. The normalized spacial score (nSPS) is 10.6. The van der Waals surface area contributed by atoms with E-state index in [2.05, 4.69) is 15.7 Å². The van der Waals surface area contributed by atoms with Crippen molar-refractivity contribution in [2.24, 2.45) is 0 Å². The molecule has 0 atom stereocenters. The first kappa shape index (κ1) is 29.8. The molecule has 0 saturated heterocycles. The predicted molar refractivity (Wildman–Crippen MR) is 163 cm³/mol. The van der Waals surface area contributed by atoms with Crippen molar-refractivity contribution in [3.63, 3.8) is 0 Å². The Bertz CT molecular complexity index is 1720. The van der Waals surface area contributed by atoms with E-state index < -0.39 is 11.9 Å². The summed E-state index contributed by atoms with van der Waals surface area (Å²) in [5, 5.41) is 20.8. The maximum absolute atomic E-state index is 12.6. The second-order valence-corrected chi connectivity index (χ2v) is 9.47. The molecule has 0 radical (unpaired) electrons. The SMILES string of the molecule is O=C(O)c1ccccc1C(=O)Nc1ccc(Oc2cccc(Oc3ccc(NOCc4ccccc4COO)cc3)c2)cc1. The number of carbonyl (C=O) groups excluding carboxylic acids is 1. The molecule has 0 heterocycles. The van der Waals surface area contributed by atoms with Gasteiger partial charge in [-0.2, -0.15) is 0 Å². The highest BCUT2D eigenvalue weighted by atomic mass is 17.1. The molecule has 0 bridgehead atoms. The molecule has 0 unspecified atom stereocenters. The fourth-order valence-electron chi connectivity index (χ4n) is 4.24. The summed E-state index contributed by atoms with van der Waals surface area (Å²) < 4.78 is 11.9. The number of ether oxygens (including phenoxy) is 2. The van der Waals surface area contributed by atoms with Crippen LogP contribution in [0.4, 0.5) is 11.4 Å². The van der Waals surface area contributed by atoms with Crippen molar-refractivity contribution in [1.82, 2.24) is 0 Å². The summed E-state index contributed by atoms with van der Waals surface area (Å²) in [6.45, 7) is 0.362. The van der Waals surface area contributed by atoms with Gasteiger partial charge in [-0.1, -0.05) is 42.5 Å². The Hall–Kier alpha value is -5.68. The summed E-state index contributed by atoms with van der Waals surface area (Å²) in [6.07, 6.45) is 0. The van der Waals surface area contributed by atoms with Crippen LogP contribution in [0.15, 0.2) is 121 Å². The minimum Gasteiger partial charge on any atom is -0.478 e. The molecule has 0 aromatic heterocycles. The first-order valence-electron chi connectivity index (χ1n) is 13.5. The fraction of sp³-hybridized carbons (Fsp3) is 0.0588. The van der Waals surface area contributed by atoms with Gasteiger partial charge in [0.15, 0.2) is 0 Å². The topological polar surface area (TPSA) is 136 Å². The van der Waals surface area contributed by atoms with Crippen LogP contribution in [-0.2, 0) is 22.9 Å². The molecule has 5 aromatic rings. The lowest BCUT2D eigenvalue weighted by atomic mass is 10.1. The van der Waals surface area contributed by atoms with Crippen LogP contribution in [0.3, 0.4) is 0 Å². The molecule has 44 heavy (non-hydrogen) atoms. The van der Waals surface area contributed by atoms with Crippen molar-refractivity contribution in [3.05, 3.63) is 144 Å². The van der Waals surface area contributed by atoms with Crippen molar-refractivity contribution < 1.29 is 39.2 Å². The van der Waals surface area contributed by atoms with E-state index in [1.165, 1.54) is 12.1 Å². The lowest BCUT2D eigenvalue weighted by Gasteiger charge is -2.12. The Balaban J connectivity index is 1.13. The van der Waals surface area contributed by atoms with Gasteiger partial charge in [-0.3, -0.25) is 20.4 Å². The third kappa shape index (κ3) is 7.99. The highest BCUT2D eigenvalue weighted by Crippen LogP contribution is 2.30. The number of amides is 1. The lowest BCUT2D eigenvalue weighted by molar-refractivity contribution is -0.253. The smallest absolute Gasteiger partial charge is 0.336 e. The molecule has 0 aliphatic carbocycles. The van der Waals surface area contributed by atoms with Gasteiger partial charge in [-0.25, -0.2) is 9.68 Å². The summed E-state index contributed by atoms with van der Waals surface area (Å²) in [7, 11) is 0. The zero-order valence-electron chi connectivity index (χ0n) is 23.3. The van der Waals surface area contributed by atoms with E-state index in [1.807, 2.05) is 48.5 Å². The van der Waals surface area contributed by atoms with Gasteiger partial charge in [0.1, 0.15) is 29.6 Å². The van der Waals surface area contributed by atoms with Crippen LogP contribution in [0, 0.1) is 0 Å². The number of carbonyl (C=O) groups is 2. The van der Waals surface area contributed by atoms with Crippen molar-refractivity contribution >= 4 is 23.3 Å². The Morgan fingerprint density at radius 2 is 1.14 bits per heavy atom. The second-order valence-electron chi connectivity index (χ2n) is 9.47. The second kappa shape index (κ2) is 14.5. The number of anilines is 2. The standard InChI is InChI=1S/C34H28N2O8/c37-33(31-10-3-4-11-32(31)34(38)39)35-25-12-16-27(17-13-25)43-29-8-5-9-30(20-29)44-28-18-14-26(15-19-28)36-41-21-23-6-1-2-7-24(23)22-42-40/h1-20,36,40H,21-22H2,(H,35,37)(H,38,39). The highest BCUT2D eigenvalue weighted by molar-refractivity contribution is 6.10. The average Bonchev–Trinajstić information content (AvgIpc) is 3.04. The van der Waals surface area contributed by atoms with Gasteiger partial charge in [0.05, 0.1) is 23.4 Å². The largest absolute Gasteiger partial charge is 0.478 e. The van der Waals surface area contributed by atoms with Gasteiger partial charge in [-0.15, -0.1) is 0 Å². The van der Waals surface area contributed by atoms with Crippen LogP contribution >= 0.6 is 0 Å². The molecule has 0 saturated carbocycles. The molecule has 5 aromatic carbocycles. The molecule has 5 rings (SSSR count). The first-order chi connectivity index (χ1) is 21.5. The first-order valence-corrected chi connectivity index (χ1v) is 13.5. The average molecular weight is 593 g/mol. The number of carboxylic acid groups (broad SMARTS) is 1. The van der Waals surface area contributed by atoms with Gasteiger partial charge in [0.2, 0.25) is 0 Å². The summed E-state index contributed by atoms with van der Waals surface area (Å²) >= 11 is 0. The van der Waals surface area contributed by atoms with Crippen LogP contribution in [0.2, 0.25) is 0 Å². The number of aromatic carboxylic acids is 1. The monoisotopic (exact) mass is 592 g/mol. The van der Waals surface area contributed by atoms with Crippen molar-refractivity contribution in [2.45, 2.75) is 13.2 Å². The van der Waals surface area contributed by atoms with Crippen molar-refractivity contribution in [1.29, 1.82) is 0 Å². The Labute approximate surface area is 252 Å². The number of nitrogens with one attached hydrogen (secondary N) is 2. The summed E-state index contributed by atoms with van der Waals surface area (Å²) in [6, 6.07) is 34.6. The van der Waals surface area contributed by atoms with E-state index in [0.29, 0.717) is 28.7 Å². The third-order valence-electron chi connectivity index (χ3n) is 6.40. The van der Waals surface area contributed by atoms with Crippen LogP contribution in [0.1, 0.15) is 31.8 Å². The summed E-state index contributed by atoms with van der Waals surface area (Å²) in [5.74, 6) is 0.579. The van der Waals surface area contributed by atoms with Gasteiger partial charge in [0, 0.05) is 11.8 Å². The molecule has 10 heteroatoms. The molecule has 0 aliphatic rings. The third-order valence-corrected chi connectivity index (χ3v) is 6.40. The maximum Gasteiger partial charge on any atom is 0.336 e. The number of benzene rings is 5. The Morgan fingerprint density at radius 3 is 1.73 bits per heavy atom. The van der Waals surface area contributed by atoms with Crippen LogP contribution in [0.5, 0.6) is 23.0 Å². The summed E-state index contributed by atoms with van der Waals surface area (Å²) in [5.41, 5.74) is 5.83. The van der Waals surface area contributed by atoms with Crippen LogP contribution in [-0.4, -0.2) is 22.2 Å². The van der Waals surface area contributed by atoms with E-state index in [9.17, 15) is 14.7 Å². The highest BCUT2D eigenvalue weighted by Gasteiger charge is 2.16. The number of rotatable bonds is 13. The van der Waals surface area contributed by atoms with Crippen molar-refractivity contribution in [2.75, 3.05) is 10.8 Å². The Morgan fingerprint density at radius 1 is 0.591 bits per heavy atom. The molecule has 0 spiro atoms. The molecular formula is C34H28N2O8. The lowest BCUT2D eigenvalue weighted by Crippen LogP contribution is -2.16. The zero-order valence-corrected chi connectivity index (χ0v) is 23.3. The van der Waals surface area contributed by atoms with E-state index >= 15 is 0 Å². The fourth-order valence-corrected chi connectivity index (χ4v) is 4.24. The molecule has 10 nitrogen and oxygen atoms in total. The minimum absolute atomic E-state index is 0.0716. The number of hydrogen-bond donors (Lipinski definition) is 4. The summed E-state index contributed by atoms with van der Waals surface area (Å²) in [4.78, 5) is 33.9. The van der Waals surface area contributed by atoms with Crippen LogP contribution in [0.25, 0.3) is 0 Å². The number of carboxylic acids is 1. The van der Waals surface area contributed by atoms with Crippen LogP contribution < -0.4 is 20.3 Å². The van der Waals surface area contributed by atoms with Gasteiger partial charge in [0.25, 0.3) is 5.91 Å². The van der Waals surface area contributed by atoms with Crippen molar-refractivity contribution in [3.8, 4) is 23.0 Å². The van der Waals surface area contributed by atoms with Gasteiger partial charge >= 0.3 is 5.97 Å². The molecule has 0 aliphatic heterocycles. The van der Waals surface area contributed by atoms with Gasteiger partial charge < -0.3 is 19.9 Å². The molecule has 0 fully saturated rings. The zero-order chi connectivity index (χ0) is 30.7. The quantitative estimate of drug-likeness (QED) is 0.0799. The van der Waals surface area contributed by atoms with E-state index in [0.717, 1.165) is 16.8 Å². The predicted octanol–water partition coefficient (Wildman–Crippen LogP) is 7.76. The van der Waals surface area contributed by atoms with E-state index in [-0.39, 0.29) is 24.3 Å².